The van der Waals surface area contributed by atoms with Crippen molar-refractivity contribution in [3.63, 3.8) is 0 Å². The van der Waals surface area contributed by atoms with Crippen LogP contribution >= 0.6 is 0 Å². The largest absolute Gasteiger partial charge is 1.00 e. The van der Waals surface area contributed by atoms with Crippen LogP contribution in [0.1, 0.15) is 13.8 Å². The van der Waals surface area contributed by atoms with E-state index >= 15 is 0 Å². The van der Waals surface area contributed by atoms with E-state index in [-0.39, 0.29) is 18.9 Å². The molecule has 0 saturated heterocycles. The molecule has 38 valence electrons. The molecule has 0 spiro atoms. The molecule has 0 aromatic heterocycles. The van der Waals surface area contributed by atoms with Crippen molar-refractivity contribution in [1.82, 2.24) is 5.06 Å². The number of hydrogen-bond donors (Lipinski definition) is 0. The Labute approximate surface area is 56.6 Å². The number of nitrogens with zero attached hydrogens (tertiary/aromatic N) is 1. The molecule has 0 saturated carbocycles. The summed E-state index contributed by atoms with van der Waals surface area (Å²) in [5.41, 5.74) is 0. The molecule has 0 rings (SSSR count). The Kier molecular flexibility index (Phi) is 9.77. The van der Waals surface area contributed by atoms with Crippen LogP contribution < -0.4 is 18.9 Å². The predicted octanol–water partition coefficient (Wildman–Crippen LogP) is -2.17. The quantitative estimate of drug-likeness (QED) is 0.288. The van der Waals surface area contributed by atoms with Crippen LogP contribution in [0, 0.1) is 5.21 Å². The van der Waals surface area contributed by atoms with Crippen molar-refractivity contribution < 1.29 is 18.9 Å². The fourth-order valence-electron chi connectivity index (χ4n) is 0.224. The summed E-state index contributed by atoms with van der Waals surface area (Å²) in [4.78, 5) is 0. The van der Waals surface area contributed by atoms with Crippen LogP contribution in [-0.2, 0) is 0 Å². The average molecular weight is 95.1 g/mol. The molecular formula is C4H10LiNO. The van der Waals surface area contributed by atoms with Gasteiger partial charge in [0.1, 0.15) is 0 Å². The first-order valence-corrected chi connectivity index (χ1v) is 2.23. The summed E-state index contributed by atoms with van der Waals surface area (Å²) in [6.45, 7) is 4.90. The third-order valence-corrected chi connectivity index (χ3v) is 0.705. The van der Waals surface area contributed by atoms with Crippen LogP contribution in [0.25, 0.3) is 0 Å². The molecular weight excluding hydrogens is 85.0 g/mol. The van der Waals surface area contributed by atoms with Crippen molar-refractivity contribution in [3.8, 4) is 0 Å². The molecule has 0 fully saturated rings. The molecule has 0 N–H and O–H groups in total. The summed E-state index contributed by atoms with van der Waals surface area (Å²) in [5.74, 6) is 0. The van der Waals surface area contributed by atoms with Gasteiger partial charge in [0.15, 0.2) is 0 Å². The molecule has 0 aromatic rings. The molecule has 0 bridgehead atoms. The monoisotopic (exact) mass is 95.1 g/mol. The van der Waals surface area contributed by atoms with E-state index < -0.39 is 0 Å². The summed E-state index contributed by atoms with van der Waals surface area (Å²) < 4.78 is 0. The van der Waals surface area contributed by atoms with Crippen molar-refractivity contribution in [2.45, 2.75) is 13.8 Å². The van der Waals surface area contributed by atoms with Crippen molar-refractivity contribution in [3.05, 3.63) is 5.21 Å². The maximum absolute atomic E-state index is 10.1. The molecule has 0 aliphatic heterocycles. The summed E-state index contributed by atoms with van der Waals surface area (Å²) in [6.07, 6.45) is 0. The minimum atomic E-state index is 0. The van der Waals surface area contributed by atoms with Gasteiger partial charge in [-0.25, -0.2) is 0 Å². The molecule has 2 nitrogen and oxygen atoms in total. The Hall–Kier alpha value is 0.517. The van der Waals surface area contributed by atoms with Gasteiger partial charge in [-0.1, -0.05) is 13.8 Å². The van der Waals surface area contributed by atoms with Crippen LogP contribution in [0.2, 0.25) is 0 Å². The smallest absolute Gasteiger partial charge is 0.785 e. The summed E-state index contributed by atoms with van der Waals surface area (Å²) in [7, 11) is 0. The molecule has 0 aliphatic carbocycles. The van der Waals surface area contributed by atoms with E-state index in [0.29, 0.717) is 13.1 Å². The van der Waals surface area contributed by atoms with E-state index in [4.69, 9.17) is 0 Å². The minimum absolute atomic E-state index is 0. The van der Waals surface area contributed by atoms with E-state index in [2.05, 4.69) is 0 Å². The summed E-state index contributed by atoms with van der Waals surface area (Å²) >= 11 is 0. The maximum Gasteiger partial charge on any atom is 1.00 e. The second-order valence-electron chi connectivity index (χ2n) is 1.11. The minimum Gasteiger partial charge on any atom is -0.785 e. The SMILES string of the molecule is CCN([O-])CC.[Li+]. The van der Waals surface area contributed by atoms with Crippen LogP contribution in [-0.4, -0.2) is 18.2 Å². The van der Waals surface area contributed by atoms with Crippen molar-refractivity contribution in [1.29, 1.82) is 0 Å². The molecule has 0 amide bonds. The van der Waals surface area contributed by atoms with Gasteiger partial charge < -0.3 is 10.3 Å². The zero-order chi connectivity index (χ0) is 4.99. The Morgan fingerprint density at radius 1 is 1.29 bits per heavy atom. The van der Waals surface area contributed by atoms with Crippen LogP contribution in [0.15, 0.2) is 0 Å². The first-order chi connectivity index (χ1) is 2.81. The standard InChI is InChI=1S/C4H10NO.Li/c1-3-5(6)4-2;/h3-4H2,1-2H3;/q-1;+1. The van der Waals surface area contributed by atoms with E-state index in [1.54, 1.807) is 0 Å². The molecule has 0 heterocycles. The van der Waals surface area contributed by atoms with Gasteiger partial charge in [-0.3, -0.25) is 0 Å². The summed E-state index contributed by atoms with van der Waals surface area (Å²) in [5, 5.41) is 11.1. The number of hydrogen-bond acceptors (Lipinski definition) is 2. The molecule has 0 unspecified atom stereocenters. The fraction of sp³-hybridized carbons (Fsp3) is 1.00. The molecule has 3 heteroatoms. The van der Waals surface area contributed by atoms with Crippen molar-refractivity contribution in [2.75, 3.05) is 13.1 Å². The second-order valence-corrected chi connectivity index (χ2v) is 1.11. The normalized spacial score (nSPS) is 8.57. The van der Waals surface area contributed by atoms with Gasteiger partial charge in [0.05, 0.1) is 0 Å². The average Bonchev–Trinajstić information content (AvgIpc) is 1.65. The third kappa shape index (κ3) is 6.52. The van der Waals surface area contributed by atoms with E-state index in [1.807, 2.05) is 13.8 Å². The van der Waals surface area contributed by atoms with Gasteiger partial charge in [-0.15, -0.1) is 0 Å². The van der Waals surface area contributed by atoms with Gasteiger partial charge in [-0.2, -0.15) is 0 Å². The van der Waals surface area contributed by atoms with Gasteiger partial charge in [0, 0.05) is 0 Å². The molecule has 7 heavy (non-hydrogen) atoms. The van der Waals surface area contributed by atoms with E-state index in [1.165, 1.54) is 0 Å². The molecule has 0 aromatic carbocycles. The van der Waals surface area contributed by atoms with Gasteiger partial charge in [-0.05, 0) is 13.1 Å². The molecule has 0 radical (unpaired) electrons. The fourth-order valence-corrected chi connectivity index (χ4v) is 0.224. The topological polar surface area (TPSA) is 26.3 Å². The predicted molar refractivity (Wildman–Crippen MR) is 26.3 cm³/mol. The maximum atomic E-state index is 10.1. The number of rotatable bonds is 2. The summed E-state index contributed by atoms with van der Waals surface area (Å²) in [6, 6.07) is 0. The first kappa shape index (κ1) is 10.5. The van der Waals surface area contributed by atoms with Crippen LogP contribution in [0.5, 0.6) is 0 Å². The Bertz CT molecular complexity index is 30.9. The van der Waals surface area contributed by atoms with E-state index in [0.717, 1.165) is 5.06 Å². The first-order valence-electron chi connectivity index (χ1n) is 2.23. The van der Waals surface area contributed by atoms with Gasteiger partial charge >= 0.3 is 18.9 Å². The Balaban J connectivity index is 0. The Morgan fingerprint density at radius 2 is 1.57 bits per heavy atom. The van der Waals surface area contributed by atoms with Gasteiger partial charge in [0.25, 0.3) is 0 Å². The second kappa shape index (κ2) is 6.52. The Morgan fingerprint density at radius 3 is 1.57 bits per heavy atom. The number of hydroxylamine groups is 2. The van der Waals surface area contributed by atoms with E-state index in [9.17, 15) is 5.21 Å². The van der Waals surface area contributed by atoms with Crippen LogP contribution in [0.4, 0.5) is 0 Å². The van der Waals surface area contributed by atoms with Crippen molar-refractivity contribution in [2.24, 2.45) is 0 Å². The van der Waals surface area contributed by atoms with Crippen LogP contribution in [0.3, 0.4) is 0 Å². The van der Waals surface area contributed by atoms with Gasteiger partial charge in [0.2, 0.25) is 0 Å². The van der Waals surface area contributed by atoms with Crippen molar-refractivity contribution >= 4 is 0 Å². The zero-order valence-electron chi connectivity index (χ0n) is 5.27. The molecule has 0 atom stereocenters. The zero-order valence-corrected chi connectivity index (χ0v) is 5.27. The third-order valence-electron chi connectivity index (χ3n) is 0.705. The molecule has 0 aliphatic rings.